The highest BCUT2D eigenvalue weighted by atomic mass is 16.6. The van der Waals surface area contributed by atoms with Crippen LogP contribution in [0.5, 0.6) is 0 Å². The third kappa shape index (κ3) is 2.16. The van der Waals surface area contributed by atoms with E-state index in [0.29, 0.717) is 0 Å². The number of carboxylic acids is 1. The van der Waals surface area contributed by atoms with E-state index in [1.807, 2.05) is 0 Å². The molecule has 15 heavy (non-hydrogen) atoms. The first-order valence-electron chi connectivity index (χ1n) is 3.96. The number of carboxylic acid groups (broad SMARTS) is 1. The second-order valence-corrected chi connectivity index (χ2v) is 2.89. The summed E-state index contributed by atoms with van der Waals surface area (Å²) in [4.78, 5) is 31.2. The molecule has 1 aromatic carbocycles. The second-order valence-electron chi connectivity index (χ2n) is 2.89. The Morgan fingerprint density at radius 2 is 2.00 bits per heavy atom. The molecule has 1 aromatic rings. The number of benzene rings is 1. The molecule has 0 saturated heterocycles. The van der Waals surface area contributed by atoms with Crippen molar-refractivity contribution >= 4 is 17.4 Å². The van der Waals surface area contributed by atoms with Gasteiger partial charge in [0.2, 0.25) is 0 Å². The molecule has 0 unspecified atom stereocenters. The zero-order chi connectivity index (χ0) is 11.6. The Morgan fingerprint density at radius 3 is 2.40 bits per heavy atom. The van der Waals surface area contributed by atoms with Gasteiger partial charge in [-0.25, -0.2) is 4.79 Å². The molecule has 0 amide bonds. The topological polar surface area (TPSA) is 97.5 Å². The molecule has 0 saturated carbocycles. The summed E-state index contributed by atoms with van der Waals surface area (Å²) in [5.74, 6) is -2.66. The van der Waals surface area contributed by atoms with Crippen molar-refractivity contribution in [3.05, 3.63) is 39.4 Å². The van der Waals surface area contributed by atoms with Crippen LogP contribution >= 0.6 is 0 Å². The number of rotatable bonds is 3. The summed E-state index contributed by atoms with van der Waals surface area (Å²) in [5.41, 5.74) is 0.0506. The molecule has 0 aromatic heterocycles. The first kappa shape index (κ1) is 10.8. The normalized spacial score (nSPS) is 9.67. The SMILES string of the molecule is Cc1cc(C(=O)C(=O)O)ccc1[N+](=O)[O-]. The molecule has 0 bridgehead atoms. The van der Waals surface area contributed by atoms with Gasteiger partial charge in [-0.15, -0.1) is 0 Å². The van der Waals surface area contributed by atoms with Gasteiger partial charge in [0.1, 0.15) is 0 Å². The van der Waals surface area contributed by atoms with Gasteiger partial charge in [0.15, 0.2) is 0 Å². The van der Waals surface area contributed by atoms with Gasteiger partial charge in [-0.05, 0) is 19.1 Å². The summed E-state index contributed by atoms with van der Waals surface area (Å²) in [7, 11) is 0. The van der Waals surface area contributed by atoms with Crippen LogP contribution in [0.2, 0.25) is 0 Å². The van der Waals surface area contributed by atoms with Crippen LogP contribution in [-0.2, 0) is 4.79 Å². The highest BCUT2D eigenvalue weighted by Crippen LogP contribution is 2.18. The van der Waals surface area contributed by atoms with E-state index in [2.05, 4.69) is 0 Å². The Labute approximate surface area is 84.3 Å². The predicted molar refractivity (Wildman–Crippen MR) is 49.8 cm³/mol. The van der Waals surface area contributed by atoms with Crippen molar-refractivity contribution < 1.29 is 19.6 Å². The lowest BCUT2D eigenvalue weighted by Crippen LogP contribution is -2.12. The smallest absolute Gasteiger partial charge is 0.377 e. The molecule has 0 aliphatic rings. The van der Waals surface area contributed by atoms with E-state index in [1.165, 1.54) is 13.0 Å². The van der Waals surface area contributed by atoms with Crippen LogP contribution in [0.15, 0.2) is 18.2 Å². The predicted octanol–water partition coefficient (Wildman–Crippen LogP) is 1.17. The molecule has 0 heterocycles. The molecule has 0 aliphatic heterocycles. The van der Waals surface area contributed by atoms with Crippen molar-refractivity contribution in [2.45, 2.75) is 6.92 Å². The monoisotopic (exact) mass is 209 g/mol. The van der Waals surface area contributed by atoms with Gasteiger partial charge in [0.05, 0.1) is 4.92 Å². The Hall–Kier alpha value is -2.24. The zero-order valence-electron chi connectivity index (χ0n) is 7.76. The number of hydrogen-bond acceptors (Lipinski definition) is 4. The Morgan fingerprint density at radius 1 is 1.40 bits per heavy atom. The van der Waals surface area contributed by atoms with E-state index in [9.17, 15) is 19.7 Å². The van der Waals surface area contributed by atoms with Gasteiger partial charge >= 0.3 is 5.97 Å². The molecule has 1 rings (SSSR count). The minimum Gasteiger partial charge on any atom is -0.475 e. The van der Waals surface area contributed by atoms with Gasteiger partial charge in [-0.3, -0.25) is 14.9 Å². The molecule has 6 nitrogen and oxygen atoms in total. The summed E-state index contributed by atoms with van der Waals surface area (Å²) in [6, 6.07) is 3.43. The van der Waals surface area contributed by atoms with Crippen molar-refractivity contribution in [2.24, 2.45) is 0 Å². The number of nitrogens with zero attached hydrogens (tertiary/aromatic N) is 1. The lowest BCUT2D eigenvalue weighted by Gasteiger charge is -1.99. The fourth-order valence-corrected chi connectivity index (χ4v) is 1.13. The Bertz CT molecular complexity index is 452. The number of aryl methyl sites for hydroxylation is 1. The standard InChI is InChI=1S/C9H7NO5/c1-5-4-6(8(11)9(12)13)2-3-7(5)10(14)15/h2-4H,1H3,(H,12,13). The molecule has 0 fully saturated rings. The van der Waals surface area contributed by atoms with Crippen molar-refractivity contribution in [3.8, 4) is 0 Å². The minimum absolute atomic E-state index is 0.0643. The summed E-state index contributed by atoms with van der Waals surface area (Å²) >= 11 is 0. The van der Waals surface area contributed by atoms with E-state index in [1.54, 1.807) is 0 Å². The third-order valence-corrected chi connectivity index (χ3v) is 1.85. The van der Waals surface area contributed by atoms with Gasteiger partial charge < -0.3 is 5.11 Å². The van der Waals surface area contributed by atoms with E-state index in [4.69, 9.17) is 5.11 Å². The number of nitro groups is 1. The summed E-state index contributed by atoms with van der Waals surface area (Å²) in [6.07, 6.45) is 0. The molecular weight excluding hydrogens is 202 g/mol. The Kier molecular flexibility index (Phi) is 2.80. The maximum Gasteiger partial charge on any atom is 0.377 e. The maximum atomic E-state index is 11.0. The maximum absolute atomic E-state index is 11.0. The largest absolute Gasteiger partial charge is 0.475 e. The van der Waals surface area contributed by atoms with E-state index >= 15 is 0 Å². The van der Waals surface area contributed by atoms with Crippen LogP contribution in [0.3, 0.4) is 0 Å². The summed E-state index contributed by atoms with van der Waals surface area (Å²) in [6.45, 7) is 1.44. The fourth-order valence-electron chi connectivity index (χ4n) is 1.13. The average molecular weight is 209 g/mol. The molecule has 78 valence electrons. The van der Waals surface area contributed by atoms with Crippen LogP contribution < -0.4 is 0 Å². The lowest BCUT2D eigenvalue weighted by molar-refractivity contribution is -0.385. The van der Waals surface area contributed by atoms with Crippen molar-refractivity contribution in [1.29, 1.82) is 0 Å². The highest BCUT2D eigenvalue weighted by molar-refractivity contribution is 6.39. The van der Waals surface area contributed by atoms with Crippen molar-refractivity contribution in [2.75, 3.05) is 0 Å². The van der Waals surface area contributed by atoms with E-state index in [0.717, 1.165) is 12.1 Å². The molecule has 0 aliphatic carbocycles. The third-order valence-electron chi connectivity index (χ3n) is 1.85. The highest BCUT2D eigenvalue weighted by Gasteiger charge is 2.18. The molecule has 6 heteroatoms. The van der Waals surface area contributed by atoms with Gasteiger partial charge in [-0.2, -0.15) is 0 Å². The molecule has 0 spiro atoms. The van der Waals surface area contributed by atoms with E-state index < -0.39 is 16.7 Å². The first-order chi connectivity index (χ1) is 6.93. The Balaban J connectivity index is 3.18. The van der Waals surface area contributed by atoms with Gasteiger partial charge in [0, 0.05) is 17.2 Å². The molecule has 1 N–H and O–H groups in total. The number of carbonyl (C=O) groups is 2. The van der Waals surface area contributed by atoms with Crippen LogP contribution in [-0.4, -0.2) is 21.8 Å². The first-order valence-corrected chi connectivity index (χ1v) is 3.96. The van der Waals surface area contributed by atoms with Crippen LogP contribution in [0.25, 0.3) is 0 Å². The molecule has 0 atom stereocenters. The number of Topliss-reactive ketones (excluding diaryl/α,β-unsaturated/α-hetero) is 1. The zero-order valence-corrected chi connectivity index (χ0v) is 7.76. The average Bonchev–Trinajstić information content (AvgIpc) is 2.15. The van der Waals surface area contributed by atoms with Crippen LogP contribution in [0.4, 0.5) is 5.69 Å². The number of carbonyl (C=O) groups excluding carboxylic acids is 1. The van der Waals surface area contributed by atoms with Crippen LogP contribution in [0.1, 0.15) is 15.9 Å². The quantitative estimate of drug-likeness (QED) is 0.348. The number of hydrogen-bond donors (Lipinski definition) is 1. The lowest BCUT2D eigenvalue weighted by atomic mass is 10.1. The van der Waals surface area contributed by atoms with Crippen LogP contribution in [0, 0.1) is 17.0 Å². The minimum atomic E-state index is -1.58. The summed E-state index contributed by atoms with van der Waals surface area (Å²) < 4.78 is 0. The van der Waals surface area contributed by atoms with Crippen molar-refractivity contribution in [3.63, 3.8) is 0 Å². The second kappa shape index (κ2) is 3.87. The van der Waals surface area contributed by atoms with E-state index in [-0.39, 0.29) is 16.8 Å². The molecular formula is C9H7NO5. The number of aliphatic carboxylic acids is 1. The number of nitro benzene ring substituents is 1. The number of ketones is 1. The molecule has 0 radical (unpaired) electrons. The van der Waals surface area contributed by atoms with Gasteiger partial charge in [-0.1, -0.05) is 0 Å². The van der Waals surface area contributed by atoms with Crippen molar-refractivity contribution in [1.82, 2.24) is 0 Å². The summed E-state index contributed by atoms with van der Waals surface area (Å²) in [5, 5.41) is 18.9. The van der Waals surface area contributed by atoms with Gasteiger partial charge in [0.25, 0.3) is 11.5 Å². The fraction of sp³-hybridized carbons (Fsp3) is 0.111.